The van der Waals surface area contributed by atoms with Crippen molar-refractivity contribution in [3.05, 3.63) is 108 Å². The van der Waals surface area contributed by atoms with Crippen molar-refractivity contribution < 1.29 is 23.1 Å². The Morgan fingerprint density at radius 2 is 1.65 bits per heavy atom. The molecule has 1 atom stereocenters. The summed E-state index contributed by atoms with van der Waals surface area (Å²) < 4.78 is 29.3. The number of urea groups is 1. The van der Waals surface area contributed by atoms with Gasteiger partial charge in [0.25, 0.3) is 10.0 Å². The van der Waals surface area contributed by atoms with Crippen LogP contribution in [0.15, 0.2) is 96.2 Å². The monoisotopic (exact) mass is 519 g/mol. The molecule has 0 saturated carbocycles. The topological polar surface area (TPSA) is 142 Å². The highest BCUT2D eigenvalue weighted by Crippen LogP contribution is 2.22. The number of rotatable bonds is 8. The van der Waals surface area contributed by atoms with Crippen molar-refractivity contribution in [1.29, 1.82) is 0 Å². The molecule has 3 amide bonds. The lowest BCUT2D eigenvalue weighted by Gasteiger charge is -2.21. The SMILES string of the molecule is Cc1ccc(S(=O)(=O)NC(=O)NC(Cc2ccccc2)c2nccn2-c2ccc(NC(=O)O)cc2)cc1. The average molecular weight is 520 g/mol. The van der Waals surface area contributed by atoms with Gasteiger partial charge in [0.1, 0.15) is 5.82 Å². The highest BCUT2D eigenvalue weighted by atomic mass is 32.2. The molecule has 1 unspecified atom stereocenters. The summed E-state index contributed by atoms with van der Waals surface area (Å²) >= 11 is 0. The van der Waals surface area contributed by atoms with Crippen LogP contribution in [0.5, 0.6) is 0 Å². The molecule has 0 spiro atoms. The Kier molecular flexibility index (Phi) is 7.54. The summed E-state index contributed by atoms with van der Waals surface area (Å²) in [6.07, 6.45) is 2.44. The lowest BCUT2D eigenvalue weighted by Crippen LogP contribution is -2.42. The fraction of sp³-hybridized carbons (Fsp3) is 0.115. The molecule has 1 heterocycles. The van der Waals surface area contributed by atoms with Gasteiger partial charge < -0.3 is 15.0 Å². The van der Waals surface area contributed by atoms with Crippen LogP contribution in [0.4, 0.5) is 15.3 Å². The molecular formula is C26H25N5O5S. The first-order chi connectivity index (χ1) is 17.7. The number of imidazole rings is 1. The summed E-state index contributed by atoms with van der Waals surface area (Å²) in [5.41, 5.74) is 2.88. The third-order valence-electron chi connectivity index (χ3n) is 5.52. The molecule has 37 heavy (non-hydrogen) atoms. The first-order valence-corrected chi connectivity index (χ1v) is 12.8. The second kappa shape index (κ2) is 11.0. The fourth-order valence-corrected chi connectivity index (χ4v) is 4.68. The molecule has 3 aromatic carbocycles. The largest absolute Gasteiger partial charge is 0.465 e. The van der Waals surface area contributed by atoms with Gasteiger partial charge in [-0.1, -0.05) is 48.0 Å². The lowest BCUT2D eigenvalue weighted by atomic mass is 10.1. The maximum atomic E-state index is 12.9. The van der Waals surface area contributed by atoms with E-state index in [-0.39, 0.29) is 4.90 Å². The van der Waals surface area contributed by atoms with E-state index in [4.69, 9.17) is 5.11 Å². The normalized spacial score (nSPS) is 11.9. The summed E-state index contributed by atoms with van der Waals surface area (Å²) in [4.78, 5) is 28.2. The minimum absolute atomic E-state index is 0.0237. The second-order valence-electron chi connectivity index (χ2n) is 8.27. The Balaban J connectivity index is 1.60. The summed E-state index contributed by atoms with van der Waals surface area (Å²) in [5.74, 6) is 0.464. The van der Waals surface area contributed by atoms with E-state index in [0.717, 1.165) is 11.1 Å². The molecule has 1 aromatic heterocycles. The van der Waals surface area contributed by atoms with Gasteiger partial charge in [-0.15, -0.1) is 0 Å². The molecule has 0 bridgehead atoms. The van der Waals surface area contributed by atoms with Crippen LogP contribution in [-0.4, -0.2) is 35.2 Å². The number of amides is 3. The van der Waals surface area contributed by atoms with Crippen LogP contribution in [0.1, 0.15) is 23.0 Å². The number of carbonyl (C=O) groups is 2. The number of sulfonamides is 1. The van der Waals surface area contributed by atoms with Crippen LogP contribution in [0.2, 0.25) is 0 Å². The van der Waals surface area contributed by atoms with Crippen LogP contribution in [0.25, 0.3) is 5.69 Å². The molecule has 0 radical (unpaired) electrons. The molecule has 190 valence electrons. The molecule has 4 rings (SSSR count). The maximum absolute atomic E-state index is 12.9. The first kappa shape index (κ1) is 25.5. The number of hydrogen-bond donors (Lipinski definition) is 4. The molecule has 11 heteroatoms. The van der Waals surface area contributed by atoms with Gasteiger partial charge in [-0.3, -0.25) is 5.32 Å². The first-order valence-electron chi connectivity index (χ1n) is 11.3. The van der Waals surface area contributed by atoms with Gasteiger partial charge in [-0.05, 0) is 55.3 Å². The Bertz CT molecular complexity index is 1480. The van der Waals surface area contributed by atoms with E-state index in [0.29, 0.717) is 23.6 Å². The number of aromatic nitrogens is 2. The molecule has 4 N–H and O–H groups in total. The average Bonchev–Trinajstić information content (AvgIpc) is 3.34. The van der Waals surface area contributed by atoms with E-state index in [1.165, 1.54) is 12.1 Å². The number of benzene rings is 3. The van der Waals surface area contributed by atoms with E-state index >= 15 is 0 Å². The Morgan fingerprint density at radius 3 is 2.30 bits per heavy atom. The van der Waals surface area contributed by atoms with Crippen LogP contribution < -0.4 is 15.4 Å². The van der Waals surface area contributed by atoms with Crippen LogP contribution in [0, 0.1) is 6.92 Å². The Hall–Kier alpha value is -4.64. The van der Waals surface area contributed by atoms with E-state index in [1.807, 2.05) is 37.3 Å². The number of aryl methyl sites for hydroxylation is 1. The minimum atomic E-state index is -4.08. The highest BCUT2D eigenvalue weighted by Gasteiger charge is 2.24. The zero-order valence-electron chi connectivity index (χ0n) is 19.8. The van der Waals surface area contributed by atoms with E-state index in [9.17, 15) is 18.0 Å². The smallest absolute Gasteiger partial charge is 0.409 e. The number of nitrogens with zero attached hydrogens (tertiary/aromatic N) is 2. The number of anilines is 1. The van der Waals surface area contributed by atoms with Crippen molar-refractivity contribution in [1.82, 2.24) is 19.6 Å². The zero-order valence-corrected chi connectivity index (χ0v) is 20.6. The van der Waals surface area contributed by atoms with Crippen molar-refractivity contribution in [3.8, 4) is 5.69 Å². The fourth-order valence-electron chi connectivity index (χ4n) is 3.76. The predicted molar refractivity (Wildman–Crippen MR) is 138 cm³/mol. The van der Waals surface area contributed by atoms with Gasteiger partial charge in [0.2, 0.25) is 0 Å². The third-order valence-corrected chi connectivity index (χ3v) is 6.87. The van der Waals surface area contributed by atoms with Gasteiger partial charge in [0, 0.05) is 23.8 Å². The van der Waals surface area contributed by atoms with Crippen molar-refractivity contribution >= 4 is 27.8 Å². The van der Waals surface area contributed by atoms with Crippen molar-refractivity contribution in [2.45, 2.75) is 24.3 Å². The quantitative estimate of drug-likeness (QED) is 0.274. The van der Waals surface area contributed by atoms with E-state index < -0.39 is 28.2 Å². The second-order valence-corrected chi connectivity index (χ2v) is 9.95. The van der Waals surface area contributed by atoms with Gasteiger partial charge in [0.05, 0.1) is 10.9 Å². The highest BCUT2D eigenvalue weighted by molar-refractivity contribution is 7.90. The Morgan fingerprint density at radius 1 is 0.973 bits per heavy atom. The van der Waals surface area contributed by atoms with Crippen LogP contribution in [0.3, 0.4) is 0 Å². The standard InChI is InChI=1S/C26H25N5O5S/c1-18-7-13-22(14-8-18)37(35,36)30-25(32)29-23(17-19-5-3-2-4-6-19)24-27-15-16-31(24)21-11-9-20(10-12-21)28-26(33)34/h2-16,23,28H,17H2,1H3,(H,33,34)(H2,29,30,32). The Labute approximate surface area is 214 Å². The minimum Gasteiger partial charge on any atom is -0.465 e. The van der Waals surface area contributed by atoms with Gasteiger partial charge >= 0.3 is 12.1 Å². The molecule has 0 aliphatic rings. The van der Waals surface area contributed by atoms with Gasteiger partial charge in [-0.2, -0.15) is 0 Å². The third kappa shape index (κ3) is 6.53. The number of nitrogens with one attached hydrogen (secondary N) is 3. The van der Waals surface area contributed by atoms with Gasteiger partial charge in [-0.25, -0.2) is 27.7 Å². The van der Waals surface area contributed by atoms with Crippen molar-refractivity contribution in [2.75, 3.05) is 5.32 Å². The molecule has 0 fully saturated rings. The van der Waals surface area contributed by atoms with Crippen LogP contribution >= 0.6 is 0 Å². The van der Waals surface area contributed by atoms with Gasteiger partial charge in [0.15, 0.2) is 0 Å². The van der Waals surface area contributed by atoms with E-state index in [1.54, 1.807) is 53.4 Å². The number of hydrogen-bond acceptors (Lipinski definition) is 5. The number of carboxylic acid groups (broad SMARTS) is 1. The van der Waals surface area contributed by atoms with E-state index in [2.05, 4.69) is 20.3 Å². The maximum Gasteiger partial charge on any atom is 0.409 e. The molecule has 10 nitrogen and oxygen atoms in total. The molecule has 0 saturated heterocycles. The summed E-state index contributed by atoms with van der Waals surface area (Å²) in [6, 6.07) is 20.6. The summed E-state index contributed by atoms with van der Waals surface area (Å²) in [7, 11) is -4.08. The lowest BCUT2D eigenvalue weighted by molar-refractivity contribution is 0.209. The van der Waals surface area contributed by atoms with Crippen molar-refractivity contribution in [3.63, 3.8) is 0 Å². The summed E-state index contributed by atoms with van der Waals surface area (Å²) in [6.45, 7) is 1.84. The van der Waals surface area contributed by atoms with Crippen LogP contribution in [-0.2, 0) is 16.4 Å². The van der Waals surface area contributed by atoms with Crippen molar-refractivity contribution in [2.24, 2.45) is 0 Å². The molecule has 0 aliphatic carbocycles. The molecule has 0 aliphatic heterocycles. The summed E-state index contributed by atoms with van der Waals surface area (Å²) in [5, 5.41) is 13.9. The molecule has 4 aromatic rings. The zero-order chi connectivity index (χ0) is 26.4. The number of carbonyl (C=O) groups excluding carboxylic acids is 1. The predicted octanol–water partition coefficient (Wildman–Crippen LogP) is 4.24. The molecular weight excluding hydrogens is 494 g/mol.